The standard InChI is InChI=1S/C25H45N7O2/c33-24(31-13-11-30(12-14-31)23-6-2-4-10-27-23)8-7-21-17-29-25(34)22-15-20(18-32(21)22)28-16-19-5-1-3-9-26-19/h19-23,26-28H,1-18H2,(H,29,34)/p+2. The second-order valence-electron chi connectivity index (χ2n) is 11.3. The van der Waals surface area contributed by atoms with E-state index in [-0.39, 0.29) is 11.9 Å². The number of quaternary nitrogens is 2. The Hall–Kier alpha value is -1.26. The number of nitrogens with one attached hydrogen (secondary N) is 4. The highest BCUT2D eigenvalue weighted by Gasteiger charge is 2.47. The first-order chi connectivity index (χ1) is 16.7. The van der Waals surface area contributed by atoms with Crippen molar-refractivity contribution >= 4 is 11.8 Å². The monoisotopic (exact) mass is 477 g/mol. The molecule has 0 radical (unpaired) electrons. The van der Waals surface area contributed by atoms with Crippen LogP contribution in [-0.2, 0) is 9.59 Å². The number of hydrogen-bond acceptors (Lipinski definition) is 5. The smallest absolute Gasteiger partial charge is 0.278 e. The minimum absolute atomic E-state index is 0.0426. The number of rotatable bonds is 7. The van der Waals surface area contributed by atoms with E-state index >= 15 is 0 Å². The molecule has 6 unspecified atom stereocenters. The van der Waals surface area contributed by atoms with Crippen LogP contribution in [0.2, 0.25) is 0 Å². The van der Waals surface area contributed by atoms with Crippen LogP contribution in [0.15, 0.2) is 0 Å². The van der Waals surface area contributed by atoms with E-state index in [1.807, 2.05) is 0 Å². The van der Waals surface area contributed by atoms with Crippen LogP contribution in [0.4, 0.5) is 0 Å². The lowest BCUT2D eigenvalue weighted by Gasteiger charge is -2.39. The molecule has 0 saturated carbocycles. The minimum atomic E-state index is 0.0426. The van der Waals surface area contributed by atoms with Crippen LogP contribution in [0.5, 0.6) is 0 Å². The first-order valence-electron chi connectivity index (χ1n) is 14.1. The van der Waals surface area contributed by atoms with Gasteiger partial charge in [-0.25, -0.2) is 0 Å². The Balaban J connectivity index is 1.06. The van der Waals surface area contributed by atoms with Crippen molar-refractivity contribution in [2.24, 2.45) is 0 Å². The van der Waals surface area contributed by atoms with Gasteiger partial charge in [-0.3, -0.25) is 14.5 Å². The van der Waals surface area contributed by atoms with Crippen molar-refractivity contribution in [3.05, 3.63) is 0 Å². The molecule has 9 nitrogen and oxygen atoms in total. The first kappa shape index (κ1) is 24.4. The van der Waals surface area contributed by atoms with Crippen LogP contribution in [0.25, 0.3) is 0 Å². The Morgan fingerprint density at radius 2 is 1.97 bits per heavy atom. The fraction of sp³-hybridized carbons (Fsp3) is 0.920. The number of amides is 2. The quantitative estimate of drug-likeness (QED) is 0.274. The van der Waals surface area contributed by atoms with Crippen LogP contribution in [-0.4, -0.2) is 111 Å². The molecule has 5 aliphatic rings. The van der Waals surface area contributed by atoms with Gasteiger partial charge >= 0.3 is 0 Å². The SMILES string of the molecule is O=C1NCC(CCC(=O)N2CCN(C3CCCC[NH2+]3)CC2)[NH+]2CC(NCC3CCCCN3)CC12. The Morgan fingerprint density at radius 1 is 1.12 bits per heavy atom. The summed E-state index contributed by atoms with van der Waals surface area (Å²) in [7, 11) is 0. The molecule has 9 heteroatoms. The molecule has 192 valence electrons. The van der Waals surface area contributed by atoms with Gasteiger partial charge in [0.15, 0.2) is 6.04 Å². The number of piperazine rings is 2. The van der Waals surface area contributed by atoms with Crippen LogP contribution >= 0.6 is 0 Å². The maximum absolute atomic E-state index is 13.0. The van der Waals surface area contributed by atoms with Gasteiger partial charge in [0.2, 0.25) is 5.91 Å². The van der Waals surface area contributed by atoms with Crippen molar-refractivity contribution in [2.45, 2.75) is 88.1 Å². The van der Waals surface area contributed by atoms with Crippen molar-refractivity contribution in [1.29, 1.82) is 0 Å². The molecule has 0 spiro atoms. The van der Waals surface area contributed by atoms with Crippen LogP contribution in [0.1, 0.15) is 57.8 Å². The van der Waals surface area contributed by atoms with Gasteiger partial charge in [0.1, 0.15) is 12.2 Å². The average Bonchev–Trinajstić information content (AvgIpc) is 3.34. The van der Waals surface area contributed by atoms with Crippen molar-refractivity contribution in [2.75, 3.05) is 58.9 Å². The first-order valence-corrected chi connectivity index (χ1v) is 14.1. The molecule has 2 amide bonds. The zero-order valence-electron chi connectivity index (χ0n) is 20.9. The lowest BCUT2D eigenvalue weighted by atomic mass is 10.0. The maximum Gasteiger partial charge on any atom is 0.278 e. The van der Waals surface area contributed by atoms with E-state index in [0.717, 1.165) is 58.7 Å². The minimum Gasteiger partial charge on any atom is -0.345 e. The molecule has 0 bridgehead atoms. The molecule has 5 heterocycles. The van der Waals surface area contributed by atoms with E-state index < -0.39 is 0 Å². The number of piperidine rings is 2. The molecule has 5 saturated heterocycles. The predicted molar refractivity (Wildman–Crippen MR) is 130 cm³/mol. The summed E-state index contributed by atoms with van der Waals surface area (Å²) >= 11 is 0. The molecule has 0 aromatic carbocycles. The summed E-state index contributed by atoms with van der Waals surface area (Å²) in [5.74, 6) is 0.505. The molecular formula is C25H47N7O2+2. The summed E-state index contributed by atoms with van der Waals surface area (Å²) in [6.07, 6.45) is 10.8. The highest BCUT2D eigenvalue weighted by Crippen LogP contribution is 2.14. The van der Waals surface area contributed by atoms with Gasteiger partial charge in [0.25, 0.3) is 5.91 Å². The summed E-state index contributed by atoms with van der Waals surface area (Å²) in [6.45, 7) is 8.83. The Morgan fingerprint density at radius 3 is 2.74 bits per heavy atom. The van der Waals surface area contributed by atoms with Crippen LogP contribution < -0.4 is 26.2 Å². The van der Waals surface area contributed by atoms with Gasteiger partial charge in [-0.1, -0.05) is 6.42 Å². The largest absolute Gasteiger partial charge is 0.345 e. The summed E-state index contributed by atoms with van der Waals surface area (Å²) in [5, 5.41) is 13.0. The Bertz CT molecular complexity index is 687. The van der Waals surface area contributed by atoms with Crippen molar-refractivity contribution in [1.82, 2.24) is 25.8 Å². The molecule has 6 N–H and O–H groups in total. The highest BCUT2D eigenvalue weighted by atomic mass is 16.2. The van der Waals surface area contributed by atoms with Gasteiger partial charge < -0.3 is 31.1 Å². The lowest BCUT2D eigenvalue weighted by Crippen LogP contribution is -3.21. The third-order valence-electron chi connectivity index (χ3n) is 9.11. The van der Waals surface area contributed by atoms with E-state index in [2.05, 4.69) is 31.1 Å². The molecule has 34 heavy (non-hydrogen) atoms. The van der Waals surface area contributed by atoms with Gasteiger partial charge in [0.05, 0.1) is 25.7 Å². The number of fused-ring (bicyclic) bond motifs is 1. The number of nitrogens with two attached hydrogens (primary N) is 1. The predicted octanol–water partition coefficient (Wildman–Crippen LogP) is -2.76. The lowest BCUT2D eigenvalue weighted by molar-refractivity contribution is -0.930. The van der Waals surface area contributed by atoms with Gasteiger partial charge in [-0.05, 0) is 32.2 Å². The summed E-state index contributed by atoms with van der Waals surface area (Å²) < 4.78 is 0. The van der Waals surface area contributed by atoms with E-state index in [4.69, 9.17) is 0 Å². The number of carbonyl (C=O) groups excluding carboxylic acids is 2. The van der Waals surface area contributed by atoms with E-state index in [1.165, 1.54) is 50.0 Å². The second-order valence-corrected chi connectivity index (χ2v) is 11.3. The van der Waals surface area contributed by atoms with Crippen LogP contribution in [0.3, 0.4) is 0 Å². The van der Waals surface area contributed by atoms with Crippen LogP contribution in [0, 0.1) is 0 Å². The van der Waals surface area contributed by atoms with E-state index in [1.54, 1.807) is 0 Å². The van der Waals surface area contributed by atoms with E-state index in [0.29, 0.717) is 43.2 Å². The van der Waals surface area contributed by atoms with Crippen molar-refractivity contribution in [3.63, 3.8) is 0 Å². The molecular weight excluding hydrogens is 430 g/mol. The zero-order valence-corrected chi connectivity index (χ0v) is 20.9. The Kier molecular flexibility index (Phi) is 8.37. The molecule has 0 aliphatic carbocycles. The van der Waals surface area contributed by atoms with Gasteiger partial charge in [-0.15, -0.1) is 0 Å². The fourth-order valence-corrected chi connectivity index (χ4v) is 7.02. The van der Waals surface area contributed by atoms with Gasteiger partial charge in [0, 0.05) is 64.4 Å². The van der Waals surface area contributed by atoms with Crippen molar-refractivity contribution < 1.29 is 19.8 Å². The third kappa shape index (κ3) is 5.93. The molecule has 5 rings (SSSR count). The van der Waals surface area contributed by atoms with E-state index in [9.17, 15) is 9.59 Å². The zero-order chi connectivity index (χ0) is 23.3. The molecule has 5 fully saturated rings. The summed E-state index contributed by atoms with van der Waals surface area (Å²) in [6, 6.07) is 1.36. The van der Waals surface area contributed by atoms with Gasteiger partial charge in [-0.2, -0.15) is 0 Å². The summed E-state index contributed by atoms with van der Waals surface area (Å²) in [5.41, 5.74) is 0. The fourth-order valence-electron chi connectivity index (χ4n) is 7.02. The topological polar surface area (TPSA) is 97.8 Å². The normalized spacial score (nSPS) is 37.3. The molecule has 5 aliphatic heterocycles. The summed E-state index contributed by atoms with van der Waals surface area (Å²) in [4.78, 5) is 31.6. The third-order valence-corrected chi connectivity index (χ3v) is 9.11. The van der Waals surface area contributed by atoms with Crippen molar-refractivity contribution in [3.8, 4) is 0 Å². The average molecular weight is 478 g/mol. The molecule has 0 aromatic rings. The Labute approximate surface area is 204 Å². The maximum atomic E-state index is 13.0. The second kappa shape index (κ2) is 11.6. The number of hydrogen-bond donors (Lipinski definition) is 5. The molecule has 0 aromatic heterocycles. The molecule has 6 atom stereocenters. The number of nitrogens with zero attached hydrogens (tertiary/aromatic N) is 2. The highest BCUT2D eigenvalue weighted by molar-refractivity contribution is 5.81. The number of carbonyl (C=O) groups is 2.